The van der Waals surface area contributed by atoms with Crippen molar-refractivity contribution < 1.29 is 4.79 Å². The van der Waals surface area contributed by atoms with Gasteiger partial charge in [-0.1, -0.05) is 60.5 Å². The summed E-state index contributed by atoms with van der Waals surface area (Å²) in [6, 6.07) is 16.5. The predicted octanol–water partition coefficient (Wildman–Crippen LogP) is 4.22. The van der Waals surface area contributed by atoms with E-state index >= 15 is 0 Å². The molecule has 0 bridgehead atoms. The smallest absolute Gasteiger partial charge is 0.240 e. The van der Waals surface area contributed by atoms with Crippen LogP contribution < -0.4 is 5.32 Å². The number of aromatic nitrogens is 3. The maximum Gasteiger partial charge on any atom is 0.240 e. The Kier molecular flexibility index (Phi) is 6.94. The van der Waals surface area contributed by atoms with Gasteiger partial charge in [-0.2, -0.15) is 5.10 Å². The third-order valence-electron chi connectivity index (χ3n) is 5.74. The zero-order valence-electron chi connectivity index (χ0n) is 17.9. The number of likely N-dealkylation sites (tertiary alicyclic amines) is 1. The SMILES string of the molecule is Cc1ccc(-c2n[nH]c(=S)n2CC(=O)NCc2ccc(CN3CCCCC3)cc2)cc1. The van der Waals surface area contributed by atoms with Gasteiger partial charge in [0.25, 0.3) is 0 Å². The van der Waals surface area contributed by atoms with E-state index in [-0.39, 0.29) is 12.5 Å². The summed E-state index contributed by atoms with van der Waals surface area (Å²) in [5.74, 6) is 0.575. The van der Waals surface area contributed by atoms with Crippen molar-refractivity contribution in [2.45, 2.75) is 45.8 Å². The molecule has 1 fully saturated rings. The molecule has 1 aliphatic heterocycles. The first-order valence-electron chi connectivity index (χ1n) is 10.9. The predicted molar refractivity (Wildman–Crippen MR) is 125 cm³/mol. The van der Waals surface area contributed by atoms with Crippen LogP contribution in [0, 0.1) is 11.7 Å². The molecule has 162 valence electrons. The number of H-pyrrole nitrogens is 1. The molecule has 1 amide bonds. The van der Waals surface area contributed by atoms with Crippen LogP contribution in [0.25, 0.3) is 11.4 Å². The molecule has 31 heavy (non-hydrogen) atoms. The Morgan fingerprint density at radius 2 is 1.71 bits per heavy atom. The number of aromatic amines is 1. The number of carbonyl (C=O) groups is 1. The number of piperidine rings is 1. The maximum absolute atomic E-state index is 12.6. The molecule has 0 aliphatic carbocycles. The van der Waals surface area contributed by atoms with Gasteiger partial charge in [0.2, 0.25) is 5.91 Å². The third kappa shape index (κ3) is 5.68. The minimum absolute atomic E-state index is 0.0942. The molecule has 1 aliphatic rings. The summed E-state index contributed by atoms with van der Waals surface area (Å²) in [7, 11) is 0. The van der Waals surface area contributed by atoms with Gasteiger partial charge in [0.15, 0.2) is 10.6 Å². The standard InChI is InChI=1S/C24H29N5OS/c1-18-5-11-21(12-6-18)23-26-27-24(31)29(23)17-22(30)25-15-19-7-9-20(10-8-19)16-28-13-3-2-4-14-28/h5-12H,2-4,13-17H2,1H3,(H,25,30)(H,27,31). The van der Waals surface area contributed by atoms with Crippen molar-refractivity contribution in [3.8, 4) is 11.4 Å². The quantitative estimate of drug-likeness (QED) is 0.546. The van der Waals surface area contributed by atoms with Crippen LogP contribution in [0.2, 0.25) is 0 Å². The van der Waals surface area contributed by atoms with E-state index in [0.717, 1.165) is 17.7 Å². The number of carbonyl (C=O) groups excluding carboxylic acids is 1. The molecule has 2 N–H and O–H groups in total. The number of hydrogen-bond acceptors (Lipinski definition) is 4. The highest BCUT2D eigenvalue weighted by Crippen LogP contribution is 2.18. The fourth-order valence-electron chi connectivity index (χ4n) is 3.93. The maximum atomic E-state index is 12.6. The van der Waals surface area contributed by atoms with E-state index in [1.54, 1.807) is 4.57 Å². The summed E-state index contributed by atoms with van der Waals surface area (Å²) in [4.78, 5) is 15.1. The summed E-state index contributed by atoms with van der Waals surface area (Å²) < 4.78 is 2.17. The van der Waals surface area contributed by atoms with Crippen molar-refractivity contribution in [3.63, 3.8) is 0 Å². The largest absolute Gasteiger partial charge is 0.350 e. The minimum atomic E-state index is -0.0942. The first-order valence-corrected chi connectivity index (χ1v) is 11.3. The number of nitrogens with zero attached hydrogens (tertiary/aromatic N) is 3. The number of amides is 1. The van der Waals surface area contributed by atoms with E-state index in [2.05, 4.69) is 44.7 Å². The van der Waals surface area contributed by atoms with Crippen LogP contribution >= 0.6 is 12.2 Å². The molecule has 0 spiro atoms. The van der Waals surface area contributed by atoms with Gasteiger partial charge in [-0.3, -0.25) is 19.4 Å². The topological polar surface area (TPSA) is 66.0 Å². The number of nitrogens with one attached hydrogen (secondary N) is 2. The normalized spacial score (nSPS) is 14.5. The lowest BCUT2D eigenvalue weighted by Crippen LogP contribution is -2.29. The summed E-state index contributed by atoms with van der Waals surface area (Å²) in [5, 5.41) is 10.1. The molecule has 6 nitrogen and oxygen atoms in total. The Morgan fingerprint density at radius 3 is 2.42 bits per heavy atom. The van der Waals surface area contributed by atoms with Crippen molar-refractivity contribution in [2.24, 2.45) is 0 Å². The zero-order valence-corrected chi connectivity index (χ0v) is 18.8. The summed E-state index contributed by atoms with van der Waals surface area (Å²) in [5.41, 5.74) is 4.51. The zero-order chi connectivity index (χ0) is 21.6. The molecular weight excluding hydrogens is 406 g/mol. The molecule has 1 aromatic heterocycles. The van der Waals surface area contributed by atoms with E-state index in [0.29, 0.717) is 17.1 Å². The van der Waals surface area contributed by atoms with Crippen LogP contribution in [0.5, 0.6) is 0 Å². The molecule has 0 unspecified atom stereocenters. The molecule has 7 heteroatoms. The summed E-state index contributed by atoms with van der Waals surface area (Å²) in [6.45, 7) is 6.05. The van der Waals surface area contributed by atoms with E-state index in [1.807, 2.05) is 31.2 Å². The number of hydrogen-bond donors (Lipinski definition) is 2. The Bertz CT molecular complexity index is 1060. The lowest BCUT2D eigenvalue weighted by molar-refractivity contribution is -0.121. The van der Waals surface area contributed by atoms with Gasteiger partial charge in [0.1, 0.15) is 6.54 Å². The van der Waals surface area contributed by atoms with E-state index in [9.17, 15) is 4.79 Å². The first kappa shape index (κ1) is 21.5. The van der Waals surface area contributed by atoms with Crippen LogP contribution in [0.4, 0.5) is 0 Å². The molecule has 0 saturated carbocycles. The van der Waals surface area contributed by atoms with Gasteiger partial charge >= 0.3 is 0 Å². The molecular formula is C24H29N5OS. The highest BCUT2D eigenvalue weighted by molar-refractivity contribution is 7.71. The number of aryl methyl sites for hydroxylation is 1. The van der Waals surface area contributed by atoms with Crippen LogP contribution in [-0.2, 0) is 24.4 Å². The van der Waals surface area contributed by atoms with Crippen molar-refractivity contribution in [2.75, 3.05) is 13.1 Å². The van der Waals surface area contributed by atoms with Gasteiger partial charge in [0.05, 0.1) is 0 Å². The molecule has 0 atom stereocenters. The van der Waals surface area contributed by atoms with Gasteiger partial charge < -0.3 is 5.32 Å². The minimum Gasteiger partial charge on any atom is -0.350 e. The lowest BCUT2D eigenvalue weighted by atomic mass is 10.1. The highest BCUT2D eigenvalue weighted by Gasteiger charge is 2.13. The second-order valence-electron chi connectivity index (χ2n) is 8.23. The van der Waals surface area contributed by atoms with Crippen LogP contribution in [-0.4, -0.2) is 38.7 Å². The average molecular weight is 436 g/mol. The van der Waals surface area contributed by atoms with Crippen LogP contribution in [0.15, 0.2) is 48.5 Å². The highest BCUT2D eigenvalue weighted by atomic mass is 32.1. The molecule has 2 aromatic carbocycles. The third-order valence-corrected chi connectivity index (χ3v) is 6.05. The van der Waals surface area contributed by atoms with Crippen molar-refractivity contribution in [1.29, 1.82) is 0 Å². The average Bonchev–Trinajstić information content (AvgIpc) is 3.14. The fourth-order valence-corrected chi connectivity index (χ4v) is 4.12. The molecule has 3 aromatic rings. The van der Waals surface area contributed by atoms with Crippen molar-refractivity contribution in [1.82, 2.24) is 25.0 Å². The molecule has 4 rings (SSSR count). The van der Waals surface area contributed by atoms with Crippen molar-refractivity contribution >= 4 is 18.1 Å². The van der Waals surface area contributed by atoms with Gasteiger partial charge in [-0.05, 0) is 56.2 Å². The Hall–Kier alpha value is -2.77. The van der Waals surface area contributed by atoms with E-state index < -0.39 is 0 Å². The Labute approximate surface area is 188 Å². The summed E-state index contributed by atoms with van der Waals surface area (Å²) >= 11 is 5.34. The van der Waals surface area contributed by atoms with Crippen molar-refractivity contribution in [3.05, 3.63) is 70.0 Å². The van der Waals surface area contributed by atoms with Crippen LogP contribution in [0.3, 0.4) is 0 Å². The Balaban J connectivity index is 1.33. The fraction of sp³-hybridized carbons (Fsp3) is 0.375. The summed E-state index contributed by atoms with van der Waals surface area (Å²) in [6.07, 6.45) is 3.96. The van der Waals surface area contributed by atoms with E-state index in [1.165, 1.54) is 43.5 Å². The molecule has 1 saturated heterocycles. The van der Waals surface area contributed by atoms with Crippen LogP contribution in [0.1, 0.15) is 36.0 Å². The number of benzene rings is 2. The van der Waals surface area contributed by atoms with Gasteiger partial charge in [0, 0.05) is 18.7 Å². The van der Waals surface area contributed by atoms with E-state index in [4.69, 9.17) is 12.2 Å². The number of rotatable bonds is 7. The first-order chi connectivity index (χ1) is 15.1. The molecule has 2 heterocycles. The molecule has 0 radical (unpaired) electrons. The lowest BCUT2D eigenvalue weighted by Gasteiger charge is -2.26. The Morgan fingerprint density at radius 1 is 1.03 bits per heavy atom. The van der Waals surface area contributed by atoms with Gasteiger partial charge in [-0.25, -0.2) is 0 Å². The monoisotopic (exact) mass is 435 g/mol. The second kappa shape index (κ2) is 10.0. The van der Waals surface area contributed by atoms with Gasteiger partial charge in [-0.15, -0.1) is 0 Å². The second-order valence-corrected chi connectivity index (χ2v) is 8.62.